The third-order valence-corrected chi connectivity index (χ3v) is 8.70. The minimum atomic E-state index is -4.10. The quantitative estimate of drug-likeness (QED) is 0.289. The van der Waals surface area contributed by atoms with Crippen LogP contribution in [0, 0.1) is 0 Å². The highest BCUT2D eigenvalue weighted by molar-refractivity contribution is 7.91. The normalized spacial score (nSPS) is 12.9. The van der Waals surface area contributed by atoms with Gasteiger partial charge in [-0.05, 0) is 30.3 Å². The van der Waals surface area contributed by atoms with Crippen molar-refractivity contribution in [1.29, 1.82) is 0 Å². The summed E-state index contributed by atoms with van der Waals surface area (Å²) in [6, 6.07) is 10.6. The molecule has 2 aromatic carbocycles. The molecule has 2 heterocycles. The third kappa shape index (κ3) is 6.08. The van der Waals surface area contributed by atoms with Crippen LogP contribution in [0.15, 0.2) is 53.6 Å². The highest BCUT2D eigenvalue weighted by atomic mass is 35.5. The smallest absolute Gasteiger partial charge is 0.189 e. The monoisotopic (exact) mass is 595 g/mol. The summed E-state index contributed by atoms with van der Waals surface area (Å²) >= 11 is 5.94. The number of rotatable bonds is 10. The van der Waals surface area contributed by atoms with Gasteiger partial charge >= 0.3 is 0 Å². The number of aliphatic hydroxyl groups excluding tert-OH is 1. The van der Waals surface area contributed by atoms with Crippen LogP contribution in [0.3, 0.4) is 0 Å². The van der Waals surface area contributed by atoms with Crippen molar-refractivity contribution >= 4 is 31.3 Å². The van der Waals surface area contributed by atoms with E-state index in [9.17, 15) is 21.9 Å². The Hall–Kier alpha value is -3.46. The van der Waals surface area contributed by atoms with E-state index in [1.807, 2.05) is 0 Å². The highest BCUT2D eigenvalue weighted by Crippen LogP contribution is 2.36. The SMILES string of the molecule is COc1cccc(OC)c1-n1c(CS(=O)(=O)C[C@H](O)c2ccc(Cl)cc2S(C)(=O)=O)nnc1-c1ccn(C)n1. The number of benzene rings is 2. The fourth-order valence-corrected chi connectivity index (χ4v) is 6.66. The predicted molar refractivity (Wildman–Crippen MR) is 144 cm³/mol. The number of aromatic nitrogens is 5. The maximum absolute atomic E-state index is 13.4. The summed E-state index contributed by atoms with van der Waals surface area (Å²) in [4.78, 5) is -0.253. The van der Waals surface area contributed by atoms with Crippen molar-refractivity contribution in [1.82, 2.24) is 24.5 Å². The van der Waals surface area contributed by atoms with Crippen molar-refractivity contribution in [2.45, 2.75) is 16.8 Å². The molecule has 0 aliphatic carbocycles. The second-order valence-corrected chi connectivity index (χ2v) is 13.2. The molecule has 0 amide bonds. The fraction of sp³-hybridized carbons (Fsp3) is 0.292. The molecule has 0 aliphatic rings. The van der Waals surface area contributed by atoms with Crippen LogP contribution in [0.2, 0.25) is 5.02 Å². The number of methoxy groups -OCH3 is 2. The first kappa shape index (κ1) is 28.5. The maximum atomic E-state index is 13.4. The zero-order chi connectivity index (χ0) is 28.5. The molecule has 0 radical (unpaired) electrons. The molecule has 4 rings (SSSR count). The standard InChI is InChI=1S/C24H26ClN5O7S2/c1-29-11-10-17(28-29)24-27-26-22(30(24)23-19(36-2)6-5-7-20(23)37-3)14-39(34,35)13-18(31)16-9-8-15(25)12-21(16)38(4,32)33/h5-12,18,31H,13-14H2,1-4H3/t18-/m0/s1. The van der Waals surface area contributed by atoms with Gasteiger partial charge in [0.05, 0.1) is 31.0 Å². The molecule has 4 aromatic rings. The van der Waals surface area contributed by atoms with Gasteiger partial charge in [0.15, 0.2) is 31.3 Å². The molecule has 1 N–H and O–H groups in total. The van der Waals surface area contributed by atoms with Gasteiger partial charge in [-0.25, -0.2) is 16.8 Å². The Bertz CT molecular complexity index is 1710. The lowest BCUT2D eigenvalue weighted by Crippen LogP contribution is -2.20. The van der Waals surface area contributed by atoms with Crippen LogP contribution in [0.5, 0.6) is 11.5 Å². The summed E-state index contributed by atoms with van der Waals surface area (Å²) in [6.45, 7) is 0. The Morgan fingerprint density at radius 1 is 1.03 bits per heavy atom. The van der Waals surface area contributed by atoms with E-state index in [4.69, 9.17) is 21.1 Å². The van der Waals surface area contributed by atoms with E-state index in [-0.39, 0.29) is 27.1 Å². The first-order chi connectivity index (χ1) is 18.3. The first-order valence-corrected chi connectivity index (χ1v) is 15.5. The number of hydrogen-bond donors (Lipinski definition) is 1. The van der Waals surface area contributed by atoms with Gasteiger partial charge in [-0.3, -0.25) is 9.25 Å². The molecule has 39 heavy (non-hydrogen) atoms. The van der Waals surface area contributed by atoms with Gasteiger partial charge in [-0.2, -0.15) is 5.10 Å². The molecule has 12 nitrogen and oxygen atoms in total. The lowest BCUT2D eigenvalue weighted by molar-refractivity contribution is 0.198. The number of para-hydroxylation sites is 1. The Morgan fingerprint density at radius 3 is 2.26 bits per heavy atom. The molecule has 0 aliphatic heterocycles. The molecule has 0 saturated heterocycles. The van der Waals surface area contributed by atoms with E-state index >= 15 is 0 Å². The molecule has 0 spiro atoms. The molecule has 2 aromatic heterocycles. The van der Waals surface area contributed by atoms with Crippen LogP contribution in [0.1, 0.15) is 17.5 Å². The lowest BCUT2D eigenvalue weighted by atomic mass is 10.1. The van der Waals surface area contributed by atoms with Crippen LogP contribution < -0.4 is 9.47 Å². The molecular formula is C24H26ClN5O7S2. The van der Waals surface area contributed by atoms with Gasteiger partial charge in [0.1, 0.15) is 28.6 Å². The Kier molecular flexibility index (Phi) is 8.02. The molecule has 0 fully saturated rings. The van der Waals surface area contributed by atoms with E-state index in [0.29, 0.717) is 22.9 Å². The largest absolute Gasteiger partial charge is 0.494 e. The minimum Gasteiger partial charge on any atom is -0.494 e. The van der Waals surface area contributed by atoms with Gasteiger partial charge in [0, 0.05) is 30.1 Å². The Balaban J connectivity index is 1.79. The van der Waals surface area contributed by atoms with E-state index in [2.05, 4.69) is 15.3 Å². The maximum Gasteiger partial charge on any atom is 0.189 e. The number of ether oxygens (including phenoxy) is 2. The van der Waals surface area contributed by atoms with Crippen molar-refractivity contribution < 1.29 is 31.4 Å². The topological polar surface area (TPSA) is 156 Å². The molecule has 208 valence electrons. The Labute approximate surface area is 230 Å². The second-order valence-electron chi connectivity index (χ2n) is 8.69. The summed E-state index contributed by atoms with van der Waals surface area (Å²) in [6.07, 6.45) is 1.00. The number of sulfone groups is 2. The van der Waals surface area contributed by atoms with E-state index in [1.54, 1.807) is 42.2 Å². The molecule has 15 heteroatoms. The van der Waals surface area contributed by atoms with Gasteiger partial charge in [0.2, 0.25) is 0 Å². The number of halogens is 1. The summed E-state index contributed by atoms with van der Waals surface area (Å²) in [5.41, 5.74) is 0.698. The minimum absolute atomic E-state index is 0.00472. The van der Waals surface area contributed by atoms with E-state index < -0.39 is 37.3 Å². The van der Waals surface area contributed by atoms with Gasteiger partial charge in [-0.15, -0.1) is 10.2 Å². The van der Waals surface area contributed by atoms with Crippen molar-refractivity contribution in [2.75, 3.05) is 26.2 Å². The second kappa shape index (κ2) is 11.0. The summed E-state index contributed by atoms with van der Waals surface area (Å²) in [7, 11) is -3.25. The zero-order valence-corrected chi connectivity index (χ0v) is 23.8. The molecule has 1 atom stereocenters. The fourth-order valence-electron chi connectivity index (χ4n) is 4.09. The summed E-state index contributed by atoms with van der Waals surface area (Å²) in [5.74, 6) is -0.460. The number of hydrogen-bond acceptors (Lipinski definition) is 10. The summed E-state index contributed by atoms with van der Waals surface area (Å²) < 4.78 is 65.3. The Morgan fingerprint density at radius 2 is 1.69 bits per heavy atom. The average molecular weight is 596 g/mol. The molecule has 0 saturated carbocycles. The number of nitrogens with zero attached hydrogens (tertiary/aromatic N) is 5. The highest BCUT2D eigenvalue weighted by Gasteiger charge is 2.29. The van der Waals surface area contributed by atoms with E-state index in [1.165, 1.54) is 37.0 Å². The number of aryl methyl sites for hydroxylation is 1. The van der Waals surface area contributed by atoms with Crippen LogP contribution in [0.25, 0.3) is 17.2 Å². The van der Waals surface area contributed by atoms with Crippen molar-refractivity contribution in [3.05, 3.63) is 65.1 Å². The predicted octanol–water partition coefficient (Wildman–Crippen LogP) is 2.39. The molecule has 0 bridgehead atoms. The van der Waals surface area contributed by atoms with Crippen LogP contribution in [-0.4, -0.2) is 72.7 Å². The van der Waals surface area contributed by atoms with Crippen molar-refractivity contribution in [3.8, 4) is 28.7 Å². The first-order valence-electron chi connectivity index (χ1n) is 11.4. The summed E-state index contributed by atoms with van der Waals surface area (Å²) in [5, 5.41) is 23.7. The zero-order valence-electron chi connectivity index (χ0n) is 21.4. The van der Waals surface area contributed by atoms with Gasteiger partial charge in [0.25, 0.3) is 0 Å². The van der Waals surface area contributed by atoms with Crippen LogP contribution in [-0.2, 0) is 32.5 Å². The number of aliphatic hydroxyl groups is 1. The molecule has 0 unspecified atom stereocenters. The molecular weight excluding hydrogens is 570 g/mol. The van der Waals surface area contributed by atoms with Crippen LogP contribution >= 0.6 is 11.6 Å². The van der Waals surface area contributed by atoms with Gasteiger partial charge < -0.3 is 14.6 Å². The van der Waals surface area contributed by atoms with Crippen molar-refractivity contribution in [2.24, 2.45) is 7.05 Å². The van der Waals surface area contributed by atoms with Gasteiger partial charge in [-0.1, -0.05) is 23.7 Å². The average Bonchev–Trinajstić information content (AvgIpc) is 3.47. The van der Waals surface area contributed by atoms with Crippen molar-refractivity contribution in [3.63, 3.8) is 0 Å². The van der Waals surface area contributed by atoms with Crippen LogP contribution in [0.4, 0.5) is 0 Å². The van der Waals surface area contributed by atoms with E-state index in [0.717, 1.165) is 6.26 Å². The third-order valence-electron chi connectivity index (χ3n) is 5.79. The lowest BCUT2D eigenvalue weighted by Gasteiger charge is -2.18.